The highest BCUT2D eigenvalue weighted by atomic mass is 32.2. The Hall–Kier alpha value is -3.10. The van der Waals surface area contributed by atoms with E-state index in [-0.39, 0.29) is 27.1 Å². The Morgan fingerprint density at radius 2 is 1.59 bits per heavy atom. The molecule has 0 saturated carbocycles. The van der Waals surface area contributed by atoms with Crippen LogP contribution in [0, 0.1) is 0 Å². The number of Topliss-reactive ketones (excluding diaryl/α,β-unsaturated/α-hetero) is 1. The monoisotopic (exact) mass is 468 g/mol. The number of ketones is 1. The summed E-state index contributed by atoms with van der Waals surface area (Å²) in [6.07, 6.45) is 0. The summed E-state index contributed by atoms with van der Waals surface area (Å²) in [5, 5.41) is -0.166. The van der Waals surface area contributed by atoms with Gasteiger partial charge in [0, 0.05) is 38.0 Å². The topological polar surface area (TPSA) is 83.5 Å². The zero-order valence-electron chi connectivity index (χ0n) is 18.0. The maximum Gasteiger partial charge on any atom is 0.261 e. The molecular formula is C24H24N2O4S2. The largest absolute Gasteiger partial charge is 0.378 e. The maximum absolute atomic E-state index is 12.8. The molecule has 8 heteroatoms. The molecule has 3 aromatic rings. The first-order valence-electron chi connectivity index (χ1n) is 9.83. The molecule has 0 atom stereocenters. The number of carbonyl (C=O) groups excluding carboxylic acids is 2. The lowest BCUT2D eigenvalue weighted by atomic mass is 10.0. The first kappa shape index (κ1) is 23.6. The molecule has 0 radical (unpaired) electrons. The van der Waals surface area contributed by atoms with Gasteiger partial charge in [-0.15, -0.1) is 0 Å². The molecule has 0 unspecified atom stereocenters. The molecule has 0 heterocycles. The van der Waals surface area contributed by atoms with Gasteiger partial charge >= 0.3 is 0 Å². The normalized spacial score (nSPS) is 11.1. The van der Waals surface area contributed by atoms with E-state index in [1.165, 1.54) is 25.1 Å². The molecule has 0 saturated heterocycles. The molecule has 0 spiro atoms. The van der Waals surface area contributed by atoms with E-state index >= 15 is 0 Å². The average Bonchev–Trinajstić information content (AvgIpc) is 2.78. The zero-order valence-corrected chi connectivity index (χ0v) is 19.7. The van der Waals surface area contributed by atoms with Crippen LogP contribution >= 0.6 is 11.8 Å². The minimum Gasteiger partial charge on any atom is -0.378 e. The average molecular weight is 469 g/mol. The molecule has 166 valence electrons. The minimum atomic E-state index is -3.88. The van der Waals surface area contributed by atoms with Crippen LogP contribution in [0.5, 0.6) is 0 Å². The van der Waals surface area contributed by atoms with Crippen molar-refractivity contribution in [2.75, 3.05) is 29.5 Å². The van der Waals surface area contributed by atoms with Crippen LogP contribution in [0.1, 0.15) is 17.3 Å². The van der Waals surface area contributed by atoms with Crippen LogP contribution in [0.3, 0.4) is 0 Å². The third kappa shape index (κ3) is 5.99. The van der Waals surface area contributed by atoms with Crippen LogP contribution in [0.25, 0.3) is 11.1 Å². The fourth-order valence-corrected chi connectivity index (χ4v) is 4.60. The van der Waals surface area contributed by atoms with Crippen molar-refractivity contribution < 1.29 is 18.0 Å². The molecule has 1 N–H and O–H groups in total. The SMILES string of the molecule is CC(=O)SCC(=O)c1cccc(S(=O)(=O)Nc2ccc(-c3cccc(N(C)C)c3)cc2)c1. The summed E-state index contributed by atoms with van der Waals surface area (Å²) < 4.78 is 28.2. The van der Waals surface area contributed by atoms with Crippen LogP contribution in [-0.2, 0) is 14.8 Å². The quantitative estimate of drug-likeness (QED) is 0.483. The van der Waals surface area contributed by atoms with Crippen molar-refractivity contribution in [2.45, 2.75) is 11.8 Å². The standard InChI is InChI=1S/C24H24N2O4S2/c1-17(27)31-16-24(28)20-7-5-9-23(15-20)32(29,30)25-21-12-10-18(11-13-21)19-6-4-8-22(14-19)26(2)3/h4-15,25H,16H2,1-3H3. The van der Waals surface area contributed by atoms with Gasteiger partial charge in [-0.1, -0.05) is 48.2 Å². The van der Waals surface area contributed by atoms with Crippen LogP contribution < -0.4 is 9.62 Å². The summed E-state index contributed by atoms with van der Waals surface area (Å²) in [5.74, 6) is -0.325. The van der Waals surface area contributed by atoms with E-state index in [0.717, 1.165) is 28.6 Å². The van der Waals surface area contributed by atoms with Crippen LogP contribution in [0.4, 0.5) is 11.4 Å². The Kier molecular flexibility index (Phi) is 7.37. The van der Waals surface area contributed by atoms with Gasteiger partial charge in [0.15, 0.2) is 10.9 Å². The number of hydrogen-bond donors (Lipinski definition) is 1. The molecule has 0 fully saturated rings. The third-order valence-electron chi connectivity index (χ3n) is 4.71. The molecule has 0 aromatic heterocycles. The van der Waals surface area contributed by atoms with Crippen molar-refractivity contribution in [1.82, 2.24) is 0 Å². The van der Waals surface area contributed by atoms with Crippen molar-refractivity contribution in [2.24, 2.45) is 0 Å². The summed E-state index contributed by atoms with van der Waals surface area (Å²) in [6, 6.07) is 21.0. The number of benzene rings is 3. The van der Waals surface area contributed by atoms with Crippen LogP contribution in [0.15, 0.2) is 77.7 Å². The van der Waals surface area contributed by atoms with Gasteiger partial charge in [0.05, 0.1) is 10.6 Å². The molecule has 0 amide bonds. The second-order valence-electron chi connectivity index (χ2n) is 7.36. The predicted octanol–water partition coefficient (Wildman–Crippen LogP) is 4.68. The Bertz CT molecular complexity index is 1240. The predicted molar refractivity (Wildman–Crippen MR) is 131 cm³/mol. The highest BCUT2D eigenvalue weighted by molar-refractivity contribution is 8.14. The minimum absolute atomic E-state index is 0.0149. The van der Waals surface area contributed by atoms with E-state index in [1.807, 2.05) is 49.3 Å². The number of hydrogen-bond acceptors (Lipinski definition) is 6. The summed E-state index contributed by atoms with van der Waals surface area (Å²) in [7, 11) is 0.0692. The smallest absolute Gasteiger partial charge is 0.261 e. The molecule has 0 bridgehead atoms. The lowest BCUT2D eigenvalue weighted by Gasteiger charge is -2.14. The van der Waals surface area contributed by atoms with Gasteiger partial charge in [0.25, 0.3) is 10.0 Å². The first-order valence-corrected chi connectivity index (χ1v) is 12.3. The molecule has 32 heavy (non-hydrogen) atoms. The van der Waals surface area contributed by atoms with Gasteiger partial charge in [0.1, 0.15) is 0 Å². The van der Waals surface area contributed by atoms with Crippen molar-refractivity contribution in [3.05, 3.63) is 78.4 Å². The van der Waals surface area contributed by atoms with E-state index in [0.29, 0.717) is 5.69 Å². The molecule has 3 rings (SSSR count). The van der Waals surface area contributed by atoms with E-state index in [9.17, 15) is 18.0 Å². The van der Waals surface area contributed by atoms with Crippen molar-refractivity contribution >= 4 is 44.1 Å². The van der Waals surface area contributed by atoms with Gasteiger partial charge in [0.2, 0.25) is 0 Å². The number of rotatable bonds is 8. The molecular weight excluding hydrogens is 444 g/mol. The Balaban J connectivity index is 1.77. The van der Waals surface area contributed by atoms with Gasteiger partial charge in [-0.05, 0) is 47.5 Å². The lowest BCUT2D eigenvalue weighted by Crippen LogP contribution is -2.14. The summed E-state index contributed by atoms with van der Waals surface area (Å²) in [4.78, 5) is 25.3. The molecule has 0 aliphatic carbocycles. The number of sulfonamides is 1. The third-order valence-corrected chi connectivity index (χ3v) is 6.90. The second-order valence-corrected chi connectivity index (χ2v) is 10.2. The van der Waals surface area contributed by atoms with Crippen molar-refractivity contribution in [3.8, 4) is 11.1 Å². The number of anilines is 2. The van der Waals surface area contributed by atoms with E-state index in [1.54, 1.807) is 18.2 Å². The van der Waals surface area contributed by atoms with Crippen LogP contribution in [0.2, 0.25) is 0 Å². The summed E-state index contributed by atoms with van der Waals surface area (Å²) in [5.41, 5.74) is 3.73. The van der Waals surface area contributed by atoms with Gasteiger partial charge in [-0.25, -0.2) is 8.42 Å². The Morgan fingerprint density at radius 1 is 0.906 bits per heavy atom. The lowest BCUT2D eigenvalue weighted by molar-refractivity contribution is -0.109. The number of nitrogens with one attached hydrogen (secondary N) is 1. The summed E-state index contributed by atoms with van der Waals surface area (Å²) >= 11 is 0.896. The van der Waals surface area contributed by atoms with Gasteiger partial charge < -0.3 is 4.90 Å². The number of thioether (sulfide) groups is 1. The van der Waals surface area contributed by atoms with Crippen LogP contribution in [-0.4, -0.2) is 39.2 Å². The van der Waals surface area contributed by atoms with E-state index in [2.05, 4.69) is 10.8 Å². The van der Waals surface area contributed by atoms with E-state index in [4.69, 9.17) is 0 Å². The van der Waals surface area contributed by atoms with E-state index < -0.39 is 10.0 Å². The molecule has 3 aromatic carbocycles. The van der Waals surface area contributed by atoms with Crippen molar-refractivity contribution in [3.63, 3.8) is 0 Å². The molecule has 6 nitrogen and oxygen atoms in total. The first-order chi connectivity index (χ1) is 15.2. The Morgan fingerprint density at radius 3 is 2.25 bits per heavy atom. The fraction of sp³-hybridized carbons (Fsp3) is 0.167. The highest BCUT2D eigenvalue weighted by Crippen LogP contribution is 2.26. The number of carbonyl (C=O) groups is 2. The number of nitrogens with zero attached hydrogens (tertiary/aromatic N) is 1. The molecule has 0 aliphatic heterocycles. The zero-order chi connectivity index (χ0) is 23.3. The Labute approximate surface area is 192 Å². The summed E-state index contributed by atoms with van der Waals surface area (Å²) in [6.45, 7) is 1.38. The molecule has 0 aliphatic rings. The fourth-order valence-electron chi connectivity index (χ4n) is 3.00. The highest BCUT2D eigenvalue weighted by Gasteiger charge is 2.17. The van der Waals surface area contributed by atoms with Gasteiger partial charge in [-0.2, -0.15) is 0 Å². The van der Waals surface area contributed by atoms with Gasteiger partial charge in [-0.3, -0.25) is 14.3 Å². The maximum atomic E-state index is 12.8. The second kappa shape index (κ2) is 10.0. The van der Waals surface area contributed by atoms with Crippen molar-refractivity contribution in [1.29, 1.82) is 0 Å².